The summed E-state index contributed by atoms with van der Waals surface area (Å²) in [5, 5.41) is 4.33. The van der Waals surface area contributed by atoms with E-state index in [1.165, 1.54) is 10.7 Å². The predicted molar refractivity (Wildman–Crippen MR) is 90.1 cm³/mol. The number of halogens is 4. The van der Waals surface area contributed by atoms with Crippen molar-refractivity contribution in [2.45, 2.75) is 12.1 Å². The zero-order valence-corrected chi connectivity index (χ0v) is 14.0. The van der Waals surface area contributed by atoms with Crippen molar-refractivity contribution in [2.24, 2.45) is 0 Å². The van der Waals surface area contributed by atoms with E-state index in [1.54, 1.807) is 31.4 Å². The highest BCUT2D eigenvalue weighted by Crippen LogP contribution is 2.32. The molecule has 3 aromatic rings. The zero-order chi connectivity index (χ0) is 18.0. The summed E-state index contributed by atoms with van der Waals surface area (Å²) in [6, 6.07) is 14.0. The first-order valence-electron chi connectivity index (χ1n) is 7.39. The van der Waals surface area contributed by atoms with Crippen LogP contribution in [0.1, 0.15) is 11.3 Å². The van der Waals surface area contributed by atoms with Gasteiger partial charge in [-0.1, -0.05) is 6.07 Å². The highest BCUT2D eigenvalue weighted by atomic mass is 35.5. The molecule has 1 heterocycles. The minimum atomic E-state index is -4.42. The Morgan fingerprint density at radius 2 is 1.80 bits per heavy atom. The summed E-state index contributed by atoms with van der Waals surface area (Å²) in [7, 11) is 1.56. The van der Waals surface area contributed by atoms with Crippen LogP contribution in [-0.2, 0) is 12.1 Å². The van der Waals surface area contributed by atoms with E-state index in [0.717, 1.165) is 17.7 Å². The lowest BCUT2D eigenvalue weighted by Gasteiger charge is -2.11. The molecule has 0 spiro atoms. The van der Waals surface area contributed by atoms with E-state index in [4.69, 9.17) is 16.3 Å². The first-order valence-corrected chi connectivity index (χ1v) is 7.93. The number of alkyl halides is 4. The molecule has 0 N–H and O–H groups in total. The molecule has 2 aromatic carbocycles. The molecule has 7 heteroatoms. The van der Waals surface area contributed by atoms with Crippen LogP contribution in [0.3, 0.4) is 0 Å². The fraction of sp³-hybridized carbons (Fsp3) is 0.167. The van der Waals surface area contributed by atoms with Crippen LogP contribution in [0.15, 0.2) is 54.6 Å². The van der Waals surface area contributed by atoms with E-state index >= 15 is 0 Å². The topological polar surface area (TPSA) is 27.1 Å². The minimum absolute atomic E-state index is 0.162. The lowest BCUT2D eigenvalue weighted by atomic mass is 10.1. The van der Waals surface area contributed by atoms with Crippen LogP contribution in [0.2, 0.25) is 0 Å². The highest BCUT2D eigenvalue weighted by Gasteiger charge is 2.30. The van der Waals surface area contributed by atoms with Gasteiger partial charge in [-0.3, -0.25) is 0 Å². The Balaban J connectivity index is 2.11. The van der Waals surface area contributed by atoms with Crippen molar-refractivity contribution in [1.29, 1.82) is 0 Å². The van der Waals surface area contributed by atoms with Gasteiger partial charge in [-0.2, -0.15) is 18.3 Å². The average molecular weight is 367 g/mol. The Hall–Kier alpha value is -2.47. The molecule has 0 saturated heterocycles. The lowest BCUT2D eigenvalue weighted by molar-refractivity contribution is -0.137. The van der Waals surface area contributed by atoms with Crippen LogP contribution in [0.5, 0.6) is 5.75 Å². The molecule has 130 valence electrons. The first-order chi connectivity index (χ1) is 11.9. The smallest absolute Gasteiger partial charge is 0.416 e. The molecule has 0 unspecified atom stereocenters. The lowest BCUT2D eigenvalue weighted by Crippen LogP contribution is -2.07. The van der Waals surface area contributed by atoms with E-state index < -0.39 is 11.7 Å². The molecular weight excluding hydrogens is 353 g/mol. The molecule has 0 aliphatic heterocycles. The summed E-state index contributed by atoms with van der Waals surface area (Å²) < 4.78 is 45.6. The predicted octanol–water partition coefficient (Wildman–Crippen LogP) is 5.31. The van der Waals surface area contributed by atoms with Gasteiger partial charge in [0.05, 0.1) is 35.6 Å². The second-order valence-corrected chi connectivity index (χ2v) is 5.61. The van der Waals surface area contributed by atoms with Gasteiger partial charge in [-0.15, -0.1) is 11.6 Å². The van der Waals surface area contributed by atoms with Gasteiger partial charge >= 0.3 is 6.18 Å². The SMILES string of the molecule is COc1ccc(-c2cc(CCl)nn2-c2cccc(C(F)(F)F)c2)cc1. The standard InChI is InChI=1S/C18H14ClF3N2O/c1-25-16-7-5-12(6-8-16)17-10-14(11-19)23-24(17)15-4-2-3-13(9-15)18(20,21)22/h2-10H,11H2,1H3. The molecule has 3 rings (SSSR count). The van der Waals surface area contributed by atoms with Crippen LogP contribution in [0.25, 0.3) is 16.9 Å². The van der Waals surface area contributed by atoms with Gasteiger partial charge in [-0.25, -0.2) is 4.68 Å². The Kier molecular flexibility index (Phi) is 4.72. The Bertz CT molecular complexity index is 873. The molecule has 0 aliphatic carbocycles. The average Bonchev–Trinajstić information content (AvgIpc) is 3.06. The minimum Gasteiger partial charge on any atom is -0.497 e. The maximum absolute atomic E-state index is 13.0. The van der Waals surface area contributed by atoms with E-state index in [-0.39, 0.29) is 5.88 Å². The van der Waals surface area contributed by atoms with Crippen LogP contribution in [0.4, 0.5) is 13.2 Å². The third kappa shape index (κ3) is 3.64. The van der Waals surface area contributed by atoms with E-state index in [0.29, 0.717) is 22.8 Å². The normalized spacial score (nSPS) is 11.6. The van der Waals surface area contributed by atoms with Crippen molar-refractivity contribution < 1.29 is 17.9 Å². The monoisotopic (exact) mass is 366 g/mol. The number of ether oxygens (including phenoxy) is 1. The maximum Gasteiger partial charge on any atom is 0.416 e. The van der Waals surface area contributed by atoms with Gasteiger partial charge in [-0.05, 0) is 48.5 Å². The van der Waals surface area contributed by atoms with Crippen molar-refractivity contribution >= 4 is 11.6 Å². The van der Waals surface area contributed by atoms with E-state index in [1.807, 2.05) is 12.1 Å². The van der Waals surface area contributed by atoms with Crippen LogP contribution in [0, 0.1) is 0 Å². The molecule has 0 fully saturated rings. The van der Waals surface area contributed by atoms with Gasteiger partial charge in [0, 0.05) is 5.56 Å². The summed E-state index contributed by atoms with van der Waals surface area (Å²) in [5.74, 6) is 0.848. The summed E-state index contributed by atoms with van der Waals surface area (Å²) in [6.07, 6.45) is -4.42. The Labute approximate surface area is 147 Å². The third-order valence-corrected chi connectivity index (χ3v) is 3.97. The molecule has 0 amide bonds. The molecule has 0 saturated carbocycles. The van der Waals surface area contributed by atoms with Gasteiger partial charge in [0.25, 0.3) is 0 Å². The molecular formula is C18H14ClF3N2O. The third-order valence-electron chi connectivity index (χ3n) is 3.70. The number of rotatable bonds is 4. The molecule has 25 heavy (non-hydrogen) atoms. The number of aromatic nitrogens is 2. The second-order valence-electron chi connectivity index (χ2n) is 5.34. The molecule has 0 radical (unpaired) electrons. The Morgan fingerprint density at radius 1 is 1.08 bits per heavy atom. The summed E-state index contributed by atoms with van der Waals surface area (Å²) in [6.45, 7) is 0. The van der Waals surface area contributed by atoms with Crippen molar-refractivity contribution in [3.63, 3.8) is 0 Å². The first kappa shape index (κ1) is 17.4. The van der Waals surface area contributed by atoms with Gasteiger partial charge in [0.2, 0.25) is 0 Å². The zero-order valence-electron chi connectivity index (χ0n) is 13.2. The molecule has 0 atom stereocenters. The van der Waals surface area contributed by atoms with E-state index in [9.17, 15) is 13.2 Å². The summed E-state index contributed by atoms with van der Waals surface area (Å²) in [5.41, 5.74) is 1.61. The van der Waals surface area contributed by atoms with E-state index in [2.05, 4.69) is 5.10 Å². The summed E-state index contributed by atoms with van der Waals surface area (Å²) >= 11 is 5.86. The van der Waals surface area contributed by atoms with Crippen molar-refractivity contribution in [3.05, 3.63) is 65.9 Å². The largest absolute Gasteiger partial charge is 0.497 e. The Morgan fingerprint density at radius 3 is 2.40 bits per heavy atom. The highest BCUT2D eigenvalue weighted by molar-refractivity contribution is 6.16. The fourth-order valence-corrected chi connectivity index (χ4v) is 2.60. The second kappa shape index (κ2) is 6.80. The number of methoxy groups -OCH3 is 1. The number of benzene rings is 2. The van der Waals surface area contributed by atoms with Crippen molar-refractivity contribution in [1.82, 2.24) is 9.78 Å². The van der Waals surface area contributed by atoms with Crippen LogP contribution >= 0.6 is 11.6 Å². The van der Waals surface area contributed by atoms with Crippen molar-refractivity contribution in [2.75, 3.05) is 7.11 Å². The molecule has 3 nitrogen and oxygen atoms in total. The van der Waals surface area contributed by atoms with Gasteiger partial charge in [0.1, 0.15) is 5.75 Å². The number of nitrogens with zero attached hydrogens (tertiary/aromatic N) is 2. The maximum atomic E-state index is 13.0. The quantitative estimate of drug-likeness (QED) is 0.585. The van der Waals surface area contributed by atoms with Gasteiger partial charge < -0.3 is 4.74 Å². The number of hydrogen-bond donors (Lipinski definition) is 0. The molecule has 1 aromatic heterocycles. The van der Waals surface area contributed by atoms with Crippen molar-refractivity contribution in [3.8, 4) is 22.7 Å². The van der Waals surface area contributed by atoms with Crippen LogP contribution in [-0.4, -0.2) is 16.9 Å². The number of hydrogen-bond acceptors (Lipinski definition) is 2. The van der Waals surface area contributed by atoms with Crippen LogP contribution < -0.4 is 4.74 Å². The summed E-state index contributed by atoms with van der Waals surface area (Å²) in [4.78, 5) is 0. The van der Waals surface area contributed by atoms with Gasteiger partial charge in [0.15, 0.2) is 0 Å². The molecule has 0 aliphatic rings. The fourth-order valence-electron chi connectivity index (χ4n) is 2.47. The molecule has 0 bridgehead atoms.